The van der Waals surface area contributed by atoms with Gasteiger partial charge in [0.15, 0.2) is 5.82 Å². The van der Waals surface area contributed by atoms with E-state index in [0.717, 1.165) is 17.7 Å². The summed E-state index contributed by atoms with van der Waals surface area (Å²) in [5.41, 5.74) is 0.913. The maximum absolute atomic E-state index is 13.4. The molecule has 2 N–H and O–H groups in total. The van der Waals surface area contributed by atoms with Crippen molar-refractivity contribution in [2.45, 2.75) is 10.1 Å². The van der Waals surface area contributed by atoms with E-state index < -0.39 is 15.8 Å². The zero-order valence-corrected chi connectivity index (χ0v) is 16.0. The summed E-state index contributed by atoms with van der Waals surface area (Å²) in [4.78, 5) is 4.12. The van der Waals surface area contributed by atoms with Gasteiger partial charge in [-0.15, -0.1) is 5.10 Å². The van der Waals surface area contributed by atoms with Gasteiger partial charge in [-0.2, -0.15) is 0 Å². The van der Waals surface area contributed by atoms with Crippen LogP contribution in [0.4, 0.5) is 4.39 Å². The molecule has 10 heteroatoms. The summed E-state index contributed by atoms with van der Waals surface area (Å²) in [7, 11) is -2.57. The minimum absolute atomic E-state index is 0.0815. The Labute approximate surface area is 160 Å². The molecule has 1 aromatic heterocycles. The molecule has 0 atom stereocenters. The van der Waals surface area contributed by atoms with Gasteiger partial charge in [0.05, 0.1) is 7.11 Å². The summed E-state index contributed by atoms with van der Waals surface area (Å²) < 4.78 is 45.5. The third-order valence-electron chi connectivity index (χ3n) is 3.55. The summed E-state index contributed by atoms with van der Waals surface area (Å²) >= 11 is 1.30. The lowest BCUT2D eigenvalue weighted by Crippen LogP contribution is -2.26. The molecule has 2 aromatic carbocycles. The third-order valence-corrected chi connectivity index (χ3v) is 5.88. The monoisotopic (exact) mass is 408 g/mol. The summed E-state index contributed by atoms with van der Waals surface area (Å²) in [6.07, 6.45) is 0. The van der Waals surface area contributed by atoms with E-state index in [4.69, 9.17) is 4.74 Å². The maximum atomic E-state index is 13.4. The van der Waals surface area contributed by atoms with Crippen LogP contribution in [-0.4, -0.2) is 43.0 Å². The van der Waals surface area contributed by atoms with Crippen molar-refractivity contribution in [3.63, 3.8) is 0 Å². The van der Waals surface area contributed by atoms with Crippen LogP contribution in [0.5, 0.6) is 5.75 Å². The first kappa shape index (κ1) is 19.3. The Morgan fingerprint density at radius 1 is 1.22 bits per heavy atom. The molecule has 0 bridgehead atoms. The molecule has 0 radical (unpaired) electrons. The van der Waals surface area contributed by atoms with Crippen molar-refractivity contribution in [1.29, 1.82) is 0 Å². The van der Waals surface area contributed by atoms with E-state index in [1.807, 2.05) is 30.3 Å². The van der Waals surface area contributed by atoms with Crippen molar-refractivity contribution in [2.24, 2.45) is 0 Å². The highest BCUT2D eigenvalue weighted by Crippen LogP contribution is 2.24. The van der Waals surface area contributed by atoms with Crippen molar-refractivity contribution in [3.05, 3.63) is 54.3 Å². The van der Waals surface area contributed by atoms with E-state index in [0.29, 0.717) is 16.7 Å². The molecule has 0 aliphatic heterocycles. The molecular formula is C17H17FN4O3S2. The van der Waals surface area contributed by atoms with Gasteiger partial charge in [-0.25, -0.2) is 22.5 Å². The van der Waals surface area contributed by atoms with Crippen molar-refractivity contribution in [2.75, 3.05) is 19.4 Å². The van der Waals surface area contributed by atoms with Gasteiger partial charge in [-0.3, -0.25) is 5.10 Å². The van der Waals surface area contributed by atoms with E-state index in [1.165, 1.54) is 24.9 Å². The molecule has 0 aliphatic rings. The predicted octanol–water partition coefficient (Wildman–Crippen LogP) is 2.69. The maximum Gasteiger partial charge on any atom is 0.244 e. The number of ether oxygens (including phenoxy) is 1. The Hall–Kier alpha value is -2.43. The highest BCUT2D eigenvalue weighted by atomic mass is 32.2. The molecule has 0 unspecified atom stereocenters. The van der Waals surface area contributed by atoms with E-state index >= 15 is 0 Å². The molecular weight excluding hydrogens is 391 g/mol. The smallest absolute Gasteiger partial charge is 0.244 e. The Morgan fingerprint density at radius 3 is 2.74 bits per heavy atom. The molecule has 0 saturated carbocycles. The van der Waals surface area contributed by atoms with Gasteiger partial charge in [0.1, 0.15) is 16.5 Å². The molecule has 7 nitrogen and oxygen atoms in total. The second kappa shape index (κ2) is 8.51. The Bertz CT molecular complexity index is 1010. The zero-order valence-electron chi connectivity index (χ0n) is 14.3. The minimum atomic E-state index is -3.89. The van der Waals surface area contributed by atoms with E-state index in [-0.39, 0.29) is 17.2 Å². The average Bonchev–Trinajstić information content (AvgIpc) is 3.15. The van der Waals surface area contributed by atoms with Crippen LogP contribution >= 0.6 is 11.8 Å². The molecule has 0 fully saturated rings. The first-order chi connectivity index (χ1) is 13.0. The van der Waals surface area contributed by atoms with Crippen molar-refractivity contribution >= 4 is 21.8 Å². The van der Waals surface area contributed by atoms with E-state index in [9.17, 15) is 12.8 Å². The number of aromatic amines is 1. The van der Waals surface area contributed by atoms with Crippen LogP contribution in [0.3, 0.4) is 0 Å². The fraction of sp³-hybridized carbons (Fsp3) is 0.176. The van der Waals surface area contributed by atoms with Gasteiger partial charge >= 0.3 is 0 Å². The number of aromatic nitrogens is 3. The molecule has 27 heavy (non-hydrogen) atoms. The standard InChI is InChI=1S/C17H17FN4O3S2/c1-25-14-8-7-13(18)11-15(14)27(23,24)19-9-10-26-17-20-16(21-22-17)12-5-3-2-4-6-12/h2-8,11,19H,9-10H2,1H3,(H,20,21,22). The van der Waals surface area contributed by atoms with Gasteiger partial charge in [0.2, 0.25) is 15.2 Å². The molecule has 0 spiro atoms. The lowest BCUT2D eigenvalue weighted by molar-refractivity contribution is 0.400. The molecule has 3 rings (SSSR count). The molecule has 1 heterocycles. The Morgan fingerprint density at radius 2 is 2.00 bits per heavy atom. The SMILES string of the molecule is COc1ccc(F)cc1S(=O)(=O)NCCSc1n[nH]c(-c2ccccc2)n1. The summed E-state index contributed by atoms with van der Waals surface area (Å²) in [6.45, 7) is 0.127. The number of methoxy groups -OCH3 is 1. The number of hydrogen-bond acceptors (Lipinski definition) is 6. The van der Waals surface area contributed by atoms with Crippen molar-refractivity contribution in [3.8, 4) is 17.1 Å². The van der Waals surface area contributed by atoms with Gasteiger partial charge in [0, 0.05) is 17.9 Å². The number of hydrogen-bond donors (Lipinski definition) is 2. The second-order valence-electron chi connectivity index (χ2n) is 5.37. The van der Waals surface area contributed by atoms with Crippen LogP contribution in [0.2, 0.25) is 0 Å². The van der Waals surface area contributed by atoms with Gasteiger partial charge in [0.25, 0.3) is 0 Å². The first-order valence-corrected chi connectivity index (χ1v) is 10.4. The van der Waals surface area contributed by atoms with Gasteiger partial charge < -0.3 is 4.74 Å². The third kappa shape index (κ3) is 4.85. The molecule has 0 aliphatic carbocycles. The van der Waals surface area contributed by atoms with Crippen LogP contribution in [0.1, 0.15) is 0 Å². The molecule has 3 aromatic rings. The number of H-pyrrole nitrogens is 1. The molecule has 0 amide bonds. The number of rotatable bonds is 8. The van der Waals surface area contributed by atoms with Crippen LogP contribution in [0.15, 0.2) is 58.6 Å². The number of sulfonamides is 1. The highest BCUT2D eigenvalue weighted by Gasteiger charge is 2.20. The number of halogens is 1. The lowest BCUT2D eigenvalue weighted by atomic mass is 10.2. The summed E-state index contributed by atoms with van der Waals surface area (Å²) in [5.74, 6) is 0.476. The number of thioether (sulfide) groups is 1. The fourth-order valence-electron chi connectivity index (χ4n) is 2.29. The van der Waals surface area contributed by atoms with Crippen LogP contribution < -0.4 is 9.46 Å². The van der Waals surface area contributed by atoms with Crippen molar-refractivity contribution < 1.29 is 17.5 Å². The fourth-order valence-corrected chi connectivity index (χ4v) is 4.28. The second-order valence-corrected chi connectivity index (χ2v) is 8.17. The normalized spacial score (nSPS) is 11.5. The lowest BCUT2D eigenvalue weighted by Gasteiger charge is -2.10. The summed E-state index contributed by atoms with van der Waals surface area (Å²) in [6, 6.07) is 12.9. The number of nitrogens with zero attached hydrogens (tertiary/aromatic N) is 2. The van der Waals surface area contributed by atoms with E-state index in [2.05, 4.69) is 19.9 Å². The molecule has 142 valence electrons. The van der Waals surface area contributed by atoms with Crippen LogP contribution in [-0.2, 0) is 10.0 Å². The van der Waals surface area contributed by atoms with Crippen LogP contribution in [0, 0.1) is 5.82 Å². The Balaban J connectivity index is 1.57. The number of nitrogens with one attached hydrogen (secondary N) is 2. The minimum Gasteiger partial charge on any atom is -0.495 e. The largest absolute Gasteiger partial charge is 0.495 e. The number of benzene rings is 2. The van der Waals surface area contributed by atoms with Gasteiger partial charge in [-0.05, 0) is 18.2 Å². The predicted molar refractivity (Wildman–Crippen MR) is 101 cm³/mol. The topological polar surface area (TPSA) is 97.0 Å². The molecule has 0 saturated heterocycles. The first-order valence-electron chi connectivity index (χ1n) is 7.93. The highest BCUT2D eigenvalue weighted by molar-refractivity contribution is 7.99. The zero-order chi connectivity index (χ0) is 19.3. The van der Waals surface area contributed by atoms with Crippen LogP contribution in [0.25, 0.3) is 11.4 Å². The summed E-state index contributed by atoms with van der Waals surface area (Å²) in [5, 5.41) is 7.46. The van der Waals surface area contributed by atoms with Gasteiger partial charge in [-0.1, -0.05) is 42.1 Å². The van der Waals surface area contributed by atoms with Crippen molar-refractivity contribution in [1.82, 2.24) is 19.9 Å². The average molecular weight is 408 g/mol. The Kier molecular flexibility index (Phi) is 6.09. The quantitative estimate of drug-likeness (QED) is 0.439. The van der Waals surface area contributed by atoms with E-state index in [1.54, 1.807) is 0 Å².